The molecule has 1 aliphatic heterocycles. The second kappa shape index (κ2) is 8.27. The largest absolute Gasteiger partial charge is 0.454 e. The van der Waals surface area contributed by atoms with Gasteiger partial charge in [0.25, 0.3) is 0 Å². The number of ether oxygens (including phenoxy) is 2. The standard InChI is InChI=1S/C18H23NO3/c1-3-5-10-19-18(20)9-7-14(4-2)11-15-6-8-16-17(12-15)22-13-21-16/h6-9,11-12H,3-5,10,13H2,1-2H3,(H,19,20)/b9-7+,14-11+. The third kappa shape index (κ3) is 4.65. The van der Waals surface area contributed by atoms with Crippen molar-refractivity contribution in [2.45, 2.75) is 33.1 Å². The minimum atomic E-state index is -0.0431. The highest BCUT2D eigenvalue weighted by atomic mass is 16.7. The van der Waals surface area contributed by atoms with Crippen LogP contribution >= 0.6 is 0 Å². The van der Waals surface area contributed by atoms with Crippen LogP contribution in [0.2, 0.25) is 0 Å². The van der Waals surface area contributed by atoms with Crippen LogP contribution in [0.1, 0.15) is 38.7 Å². The molecule has 1 aliphatic rings. The van der Waals surface area contributed by atoms with Crippen molar-refractivity contribution in [1.82, 2.24) is 5.32 Å². The smallest absolute Gasteiger partial charge is 0.243 e. The Bertz CT molecular complexity index is 576. The van der Waals surface area contributed by atoms with Gasteiger partial charge in [0.2, 0.25) is 12.7 Å². The first kappa shape index (κ1) is 16.1. The van der Waals surface area contributed by atoms with Crippen molar-refractivity contribution >= 4 is 12.0 Å². The summed E-state index contributed by atoms with van der Waals surface area (Å²) in [6, 6.07) is 5.84. The van der Waals surface area contributed by atoms with Gasteiger partial charge in [-0.15, -0.1) is 0 Å². The normalized spacial score (nSPS) is 13.6. The number of hydrogen-bond donors (Lipinski definition) is 1. The maximum Gasteiger partial charge on any atom is 0.243 e. The molecule has 1 aromatic carbocycles. The Morgan fingerprint density at radius 3 is 2.82 bits per heavy atom. The van der Waals surface area contributed by atoms with E-state index in [9.17, 15) is 4.79 Å². The van der Waals surface area contributed by atoms with Gasteiger partial charge in [0, 0.05) is 12.6 Å². The quantitative estimate of drug-likeness (QED) is 0.475. The Labute approximate surface area is 131 Å². The van der Waals surface area contributed by atoms with E-state index in [-0.39, 0.29) is 12.7 Å². The van der Waals surface area contributed by atoms with Crippen LogP contribution in [-0.2, 0) is 4.79 Å². The Kier molecular flexibility index (Phi) is 6.07. The van der Waals surface area contributed by atoms with Crippen LogP contribution < -0.4 is 14.8 Å². The zero-order chi connectivity index (χ0) is 15.8. The Morgan fingerprint density at radius 1 is 1.23 bits per heavy atom. The van der Waals surface area contributed by atoms with Crippen LogP contribution in [-0.4, -0.2) is 19.2 Å². The predicted molar refractivity (Wildman–Crippen MR) is 87.9 cm³/mol. The van der Waals surface area contributed by atoms with Crippen LogP contribution in [0.3, 0.4) is 0 Å². The third-order valence-corrected chi connectivity index (χ3v) is 3.44. The first-order chi connectivity index (χ1) is 10.7. The summed E-state index contributed by atoms with van der Waals surface area (Å²) in [5, 5.41) is 2.87. The average molecular weight is 301 g/mol. The minimum absolute atomic E-state index is 0.0431. The number of rotatable bonds is 7. The number of carbonyl (C=O) groups excluding carboxylic acids is 1. The molecule has 1 aromatic rings. The molecule has 0 saturated heterocycles. The SMILES string of the molecule is CCCCNC(=O)/C=C/C(=C/c1ccc2c(c1)OCO2)CC. The van der Waals surface area contributed by atoms with Gasteiger partial charge in [0.1, 0.15) is 0 Å². The molecule has 0 fully saturated rings. The monoisotopic (exact) mass is 301 g/mol. The van der Waals surface area contributed by atoms with Gasteiger partial charge in [-0.3, -0.25) is 4.79 Å². The number of allylic oxidation sites excluding steroid dienone is 2. The Hall–Kier alpha value is -2.23. The number of hydrogen-bond acceptors (Lipinski definition) is 3. The summed E-state index contributed by atoms with van der Waals surface area (Å²) >= 11 is 0. The van der Waals surface area contributed by atoms with Crippen LogP contribution in [0.25, 0.3) is 6.08 Å². The molecule has 0 atom stereocenters. The van der Waals surface area contributed by atoms with Crippen molar-refractivity contribution in [3.8, 4) is 11.5 Å². The Morgan fingerprint density at radius 2 is 2.05 bits per heavy atom. The number of fused-ring (bicyclic) bond motifs is 1. The third-order valence-electron chi connectivity index (χ3n) is 3.44. The van der Waals surface area contributed by atoms with Gasteiger partial charge in [-0.25, -0.2) is 0 Å². The van der Waals surface area contributed by atoms with E-state index >= 15 is 0 Å². The summed E-state index contributed by atoms with van der Waals surface area (Å²) in [6.07, 6.45) is 8.45. The van der Waals surface area contributed by atoms with Gasteiger partial charge in [-0.1, -0.05) is 38.5 Å². The van der Waals surface area contributed by atoms with E-state index < -0.39 is 0 Å². The lowest BCUT2D eigenvalue weighted by atomic mass is 10.1. The molecule has 4 nitrogen and oxygen atoms in total. The summed E-state index contributed by atoms with van der Waals surface area (Å²) in [5.74, 6) is 1.50. The van der Waals surface area contributed by atoms with Gasteiger partial charge in [-0.05, 0) is 36.1 Å². The van der Waals surface area contributed by atoms with Crippen molar-refractivity contribution in [3.63, 3.8) is 0 Å². The summed E-state index contributed by atoms with van der Waals surface area (Å²) in [7, 11) is 0. The predicted octanol–water partition coefficient (Wildman–Crippen LogP) is 3.68. The molecule has 0 aromatic heterocycles. The molecule has 118 valence electrons. The van der Waals surface area contributed by atoms with Crippen molar-refractivity contribution in [2.75, 3.05) is 13.3 Å². The first-order valence-corrected chi connectivity index (χ1v) is 7.79. The molecular weight excluding hydrogens is 278 g/mol. The maximum absolute atomic E-state index is 11.7. The first-order valence-electron chi connectivity index (χ1n) is 7.79. The van der Waals surface area contributed by atoms with Crippen LogP contribution in [0.4, 0.5) is 0 Å². The molecule has 0 aliphatic carbocycles. The number of carbonyl (C=O) groups is 1. The summed E-state index contributed by atoms with van der Waals surface area (Å²) in [6.45, 7) is 5.18. The molecule has 0 saturated carbocycles. The molecule has 0 spiro atoms. The summed E-state index contributed by atoms with van der Waals surface area (Å²) in [5.41, 5.74) is 2.13. The maximum atomic E-state index is 11.7. The summed E-state index contributed by atoms with van der Waals surface area (Å²) in [4.78, 5) is 11.7. The lowest BCUT2D eigenvalue weighted by molar-refractivity contribution is -0.116. The summed E-state index contributed by atoms with van der Waals surface area (Å²) < 4.78 is 10.7. The minimum Gasteiger partial charge on any atom is -0.454 e. The van der Waals surface area contributed by atoms with Crippen molar-refractivity contribution < 1.29 is 14.3 Å². The lowest BCUT2D eigenvalue weighted by Crippen LogP contribution is -2.21. The van der Waals surface area contributed by atoms with Crippen LogP contribution in [0.15, 0.2) is 35.9 Å². The average Bonchev–Trinajstić information content (AvgIpc) is 2.99. The molecule has 1 amide bonds. The molecule has 0 radical (unpaired) electrons. The fourth-order valence-electron chi connectivity index (χ4n) is 2.12. The van der Waals surface area contributed by atoms with E-state index in [1.54, 1.807) is 6.08 Å². The molecular formula is C18H23NO3. The number of unbranched alkanes of at least 4 members (excludes halogenated alkanes) is 1. The molecule has 1 heterocycles. The Balaban J connectivity index is 1.99. The van der Waals surface area contributed by atoms with Gasteiger partial charge < -0.3 is 14.8 Å². The molecule has 22 heavy (non-hydrogen) atoms. The lowest BCUT2D eigenvalue weighted by Gasteiger charge is -2.02. The second-order valence-electron chi connectivity index (χ2n) is 5.16. The highest BCUT2D eigenvalue weighted by Gasteiger charge is 2.12. The number of nitrogens with one attached hydrogen (secondary N) is 1. The van der Waals surface area contributed by atoms with E-state index in [1.807, 2.05) is 24.3 Å². The molecule has 0 bridgehead atoms. The van der Waals surface area contributed by atoms with E-state index in [2.05, 4.69) is 25.2 Å². The van der Waals surface area contributed by atoms with Crippen molar-refractivity contribution in [2.24, 2.45) is 0 Å². The molecule has 2 rings (SSSR count). The van der Waals surface area contributed by atoms with Gasteiger partial charge in [0.05, 0.1) is 0 Å². The highest BCUT2D eigenvalue weighted by molar-refractivity contribution is 5.88. The number of benzene rings is 1. The number of amides is 1. The molecule has 0 unspecified atom stereocenters. The van der Waals surface area contributed by atoms with Crippen LogP contribution in [0.5, 0.6) is 11.5 Å². The van der Waals surface area contributed by atoms with Crippen LogP contribution in [0, 0.1) is 0 Å². The van der Waals surface area contributed by atoms with E-state index in [0.29, 0.717) is 0 Å². The fourth-order valence-corrected chi connectivity index (χ4v) is 2.12. The highest BCUT2D eigenvalue weighted by Crippen LogP contribution is 2.33. The topological polar surface area (TPSA) is 47.6 Å². The zero-order valence-electron chi connectivity index (χ0n) is 13.2. The van der Waals surface area contributed by atoms with E-state index in [4.69, 9.17) is 9.47 Å². The zero-order valence-corrected chi connectivity index (χ0v) is 13.2. The van der Waals surface area contributed by atoms with Gasteiger partial charge >= 0.3 is 0 Å². The van der Waals surface area contributed by atoms with Crippen molar-refractivity contribution in [3.05, 3.63) is 41.5 Å². The van der Waals surface area contributed by atoms with Gasteiger partial charge in [-0.2, -0.15) is 0 Å². The van der Waals surface area contributed by atoms with E-state index in [0.717, 1.165) is 48.4 Å². The molecule has 4 heteroatoms. The van der Waals surface area contributed by atoms with E-state index in [1.165, 1.54) is 0 Å². The van der Waals surface area contributed by atoms with Gasteiger partial charge in [0.15, 0.2) is 11.5 Å². The second-order valence-corrected chi connectivity index (χ2v) is 5.16. The molecule has 1 N–H and O–H groups in total. The van der Waals surface area contributed by atoms with Crippen molar-refractivity contribution in [1.29, 1.82) is 0 Å². The fraction of sp³-hybridized carbons (Fsp3) is 0.389.